The molecule has 0 aromatic rings. The minimum Gasteiger partial charge on any atom is -0.481 e. The van der Waals surface area contributed by atoms with E-state index >= 15 is 0 Å². The van der Waals surface area contributed by atoms with Gasteiger partial charge in [0.1, 0.15) is 5.60 Å². The van der Waals surface area contributed by atoms with Crippen molar-refractivity contribution in [3.63, 3.8) is 0 Å². The SMILES string of the molecule is CC(C)(C)OC(=O)NCCOCCOCCOCCOCCOCCOCCOCCOCCOCCOCCOCCOCCOCCOCCOCCOCCC(=O)O. The summed E-state index contributed by atoms with van der Waals surface area (Å²) in [5.41, 5.74) is -0.519. The lowest BCUT2D eigenvalue weighted by Gasteiger charge is -2.19. The van der Waals surface area contributed by atoms with Gasteiger partial charge in [-0.2, -0.15) is 0 Å². The second-order valence-electron chi connectivity index (χ2n) is 13.4. The van der Waals surface area contributed by atoms with E-state index in [2.05, 4.69) is 5.32 Å². The molecule has 0 fully saturated rings. The molecule has 61 heavy (non-hydrogen) atoms. The first-order valence-electron chi connectivity index (χ1n) is 21.2. The van der Waals surface area contributed by atoms with Gasteiger partial charge in [-0.25, -0.2) is 4.79 Å². The first-order chi connectivity index (χ1) is 29.8. The highest BCUT2D eigenvalue weighted by Gasteiger charge is 2.15. The summed E-state index contributed by atoms with van der Waals surface area (Å²) >= 11 is 0. The Morgan fingerprint density at radius 2 is 0.508 bits per heavy atom. The maximum Gasteiger partial charge on any atom is 0.407 e. The third-order valence-corrected chi connectivity index (χ3v) is 6.96. The number of rotatable bonds is 51. The van der Waals surface area contributed by atoms with Gasteiger partial charge in [0, 0.05) is 6.54 Å². The lowest BCUT2D eigenvalue weighted by atomic mass is 10.2. The zero-order valence-corrected chi connectivity index (χ0v) is 37.2. The number of ether oxygens (including phenoxy) is 17. The van der Waals surface area contributed by atoms with E-state index in [9.17, 15) is 9.59 Å². The third kappa shape index (κ3) is 56.1. The van der Waals surface area contributed by atoms with Crippen LogP contribution in [0, 0.1) is 0 Å². The monoisotopic (exact) mass is 894 g/mol. The van der Waals surface area contributed by atoms with Gasteiger partial charge in [-0.05, 0) is 20.8 Å². The van der Waals surface area contributed by atoms with Gasteiger partial charge >= 0.3 is 12.1 Å². The van der Waals surface area contributed by atoms with E-state index in [1.807, 2.05) is 20.8 Å². The summed E-state index contributed by atoms with van der Waals surface area (Å²) in [6, 6.07) is 0. The van der Waals surface area contributed by atoms with Crippen molar-refractivity contribution < 1.29 is 95.2 Å². The first-order valence-corrected chi connectivity index (χ1v) is 21.2. The number of hydrogen-bond donors (Lipinski definition) is 2. The molecule has 21 nitrogen and oxygen atoms in total. The van der Waals surface area contributed by atoms with Gasteiger partial charge in [0.25, 0.3) is 0 Å². The lowest BCUT2D eigenvalue weighted by molar-refractivity contribution is -0.138. The molecule has 0 atom stereocenters. The highest BCUT2D eigenvalue weighted by molar-refractivity contribution is 5.67. The van der Waals surface area contributed by atoms with E-state index in [-0.39, 0.29) is 13.0 Å². The van der Waals surface area contributed by atoms with Crippen LogP contribution in [0.15, 0.2) is 0 Å². The normalized spacial score (nSPS) is 11.7. The molecule has 0 rings (SSSR count). The summed E-state index contributed by atoms with van der Waals surface area (Å²) in [6.45, 7) is 20.4. The van der Waals surface area contributed by atoms with Crippen molar-refractivity contribution in [2.45, 2.75) is 32.8 Å². The Balaban J connectivity index is 3.10. The summed E-state index contributed by atoms with van der Waals surface area (Å²) in [7, 11) is 0. The zero-order chi connectivity index (χ0) is 44.4. The molecule has 2 N–H and O–H groups in total. The van der Waals surface area contributed by atoms with Gasteiger partial charge in [-0.15, -0.1) is 0 Å². The number of carboxylic acid groups (broad SMARTS) is 1. The van der Waals surface area contributed by atoms with Crippen molar-refractivity contribution in [1.82, 2.24) is 5.32 Å². The maximum atomic E-state index is 11.5. The third-order valence-electron chi connectivity index (χ3n) is 6.96. The lowest BCUT2D eigenvalue weighted by Crippen LogP contribution is -2.34. The van der Waals surface area contributed by atoms with Crippen LogP contribution in [0.25, 0.3) is 0 Å². The van der Waals surface area contributed by atoms with Gasteiger partial charge in [0.2, 0.25) is 0 Å². The summed E-state index contributed by atoms with van der Waals surface area (Å²) < 4.78 is 92.1. The predicted molar refractivity (Wildman–Crippen MR) is 220 cm³/mol. The van der Waals surface area contributed by atoms with Crippen molar-refractivity contribution in [2.24, 2.45) is 0 Å². The van der Waals surface area contributed by atoms with Crippen LogP contribution in [0.5, 0.6) is 0 Å². The molecule has 0 aliphatic rings. The predicted octanol–water partition coefficient (Wildman–Crippen LogP) is 1.25. The van der Waals surface area contributed by atoms with Crippen LogP contribution in [0.4, 0.5) is 4.79 Å². The standard InChI is InChI=1S/C40H79NO20/c1-40(2,3)61-39(44)41-5-7-46-9-11-48-13-15-50-17-19-52-21-23-54-25-27-56-29-31-58-33-35-60-37-36-59-34-32-57-30-28-55-26-24-53-22-20-51-18-16-49-14-12-47-10-8-45-6-4-38(42)43/h4-37H2,1-3H3,(H,41,44)(H,42,43). The van der Waals surface area contributed by atoms with E-state index in [0.717, 1.165) is 0 Å². The number of alkyl carbamates (subject to hydrolysis) is 1. The first kappa shape index (κ1) is 59.1. The number of carbonyl (C=O) groups is 2. The van der Waals surface area contributed by atoms with Crippen LogP contribution < -0.4 is 5.32 Å². The number of carbonyl (C=O) groups excluding carboxylic acids is 1. The largest absolute Gasteiger partial charge is 0.481 e. The van der Waals surface area contributed by atoms with Crippen LogP contribution in [0.3, 0.4) is 0 Å². The molecule has 0 unspecified atom stereocenters. The molecule has 364 valence electrons. The Bertz CT molecular complexity index is 903. The second-order valence-corrected chi connectivity index (χ2v) is 13.4. The Kier molecular flexibility index (Phi) is 47.6. The summed E-state index contributed by atoms with van der Waals surface area (Å²) in [4.78, 5) is 21.9. The van der Waals surface area contributed by atoms with Gasteiger partial charge in [-0.1, -0.05) is 0 Å². The van der Waals surface area contributed by atoms with Crippen molar-refractivity contribution >= 4 is 12.1 Å². The highest BCUT2D eigenvalue weighted by Crippen LogP contribution is 2.06. The van der Waals surface area contributed by atoms with Crippen molar-refractivity contribution in [1.29, 1.82) is 0 Å². The van der Waals surface area contributed by atoms with E-state index in [4.69, 9.17) is 85.6 Å². The van der Waals surface area contributed by atoms with E-state index < -0.39 is 17.7 Å². The quantitative estimate of drug-likeness (QED) is 0.0820. The molecular formula is C40H79NO20. The van der Waals surface area contributed by atoms with Crippen LogP contribution in [-0.2, 0) is 85.3 Å². The van der Waals surface area contributed by atoms with Crippen molar-refractivity contribution in [3.8, 4) is 0 Å². The minimum absolute atomic E-state index is 0.00838. The van der Waals surface area contributed by atoms with Crippen LogP contribution in [0.1, 0.15) is 27.2 Å². The average Bonchev–Trinajstić information content (AvgIpc) is 3.22. The number of aliphatic carboxylic acids is 1. The molecule has 0 spiro atoms. The molecule has 0 radical (unpaired) electrons. The van der Waals surface area contributed by atoms with Crippen molar-refractivity contribution in [3.05, 3.63) is 0 Å². The Labute approximate surface area is 363 Å². The molecule has 0 saturated carbocycles. The fourth-order valence-electron chi connectivity index (χ4n) is 4.10. The molecular weight excluding hydrogens is 814 g/mol. The van der Waals surface area contributed by atoms with Gasteiger partial charge in [0.05, 0.1) is 218 Å². The number of amides is 1. The molecule has 0 heterocycles. The summed E-state index contributed by atoms with van der Waals surface area (Å²) in [6.07, 6.45) is -0.467. The van der Waals surface area contributed by atoms with E-state index in [1.165, 1.54) is 0 Å². The molecule has 0 aromatic carbocycles. The fraction of sp³-hybridized carbons (Fsp3) is 0.950. The molecule has 0 bridgehead atoms. The van der Waals surface area contributed by atoms with Crippen LogP contribution >= 0.6 is 0 Å². The molecule has 0 aliphatic heterocycles. The summed E-state index contributed by atoms with van der Waals surface area (Å²) in [5.74, 6) is -0.879. The van der Waals surface area contributed by atoms with Gasteiger partial charge in [0.15, 0.2) is 0 Å². The Morgan fingerprint density at radius 3 is 0.689 bits per heavy atom. The molecule has 0 saturated heterocycles. The maximum absolute atomic E-state index is 11.5. The molecule has 21 heteroatoms. The van der Waals surface area contributed by atoms with Crippen molar-refractivity contribution in [2.75, 3.05) is 218 Å². The van der Waals surface area contributed by atoms with E-state index in [0.29, 0.717) is 211 Å². The molecule has 0 aliphatic carbocycles. The smallest absolute Gasteiger partial charge is 0.407 e. The molecule has 0 aromatic heterocycles. The topological polar surface area (TPSA) is 223 Å². The van der Waals surface area contributed by atoms with Crippen LogP contribution in [-0.4, -0.2) is 241 Å². The van der Waals surface area contributed by atoms with E-state index in [1.54, 1.807) is 0 Å². The number of nitrogens with one attached hydrogen (secondary N) is 1. The summed E-state index contributed by atoms with van der Waals surface area (Å²) in [5, 5.41) is 11.1. The Hall–Kier alpha value is -1.90. The second kappa shape index (κ2) is 49.1. The Morgan fingerprint density at radius 1 is 0.328 bits per heavy atom. The van der Waals surface area contributed by atoms with Crippen LogP contribution in [0.2, 0.25) is 0 Å². The highest BCUT2D eigenvalue weighted by atomic mass is 16.6. The van der Waals surface area contributed by atoms with Gasteiger partial charge < -0.3 is 90.9 Å². The molecule has 1 amide bonds. The number of carboxylic acids is 1. The fourth-order valence-corrected chi connectivity index (χ4v) is 4.10. The average molecular weight is 894 g/mol. The number of hydrogen-bond acceptors (Lipinski definition) is 19. The zero-order valence-electron chi connectivity index (χ0n) is 37.2. The minimum atomic E-state index is -0.879. The van der Waals surface area contributed by atoms with Gasteiger partial charge in [-0.3, -0.25) is 4.79 Å².